The van der Waals surface area contributed by atoms with Crippen molar-refractivity contribution in [2.75, 3.05) is 7.11 Å². The Morgan fingerprint density at radius 1 is 0.767 bits per heavy atom. The molecular weight excluding hydrogens is 523 g/mol. The van der Waals surface area contributed by atoms with Gasteiger partial charge in [0.25, 0.3) is 0 Å². The lowest BCUT2D eigenvalue weighted by molar-refractivity contribution is -0.440. The van der Waals surface area contributed by atoms with E-state index < -0.39 is 48.3 Å². The average Bonchev–Trinajstić information content (AvgIpc) is 2.57. The van der Waals surface area contributed by atoms with Crippen molar-refractivity contribution in [3.05, 3.63) is 34.3 Å². The van der Waals surface area contributed by atoms with Gasteiger partial charge in [-0.1, -0.05) is 28.1 Å². The molecule has 0 aliphatic heterocycles. The summed E-state index contributed by atoms with van der Waals surface area (Å²) in [6.45, 7) is 0. The van der Waals surface area contributed by atoms with Crippen LogP contribution in [0.5, 0.6) is 0 Å². The summed E-state index contributed by atoms with van der Waals surface area (Å²) in [6, 6.07) is 4.51. The second-order valence-corrected chi connectivity index (χ2v) is 6.90. The molecule has 30 heavy (non-hydrogen) atoms. The summed E-state index contributed by atoms with van der Waals surface area (Å²) < 4.78 is 175. The molecule has 0 heterocycles. The lowest BCUT2D eigenvalue weighted by Gasteiger charge is -2.40. The van der Waals surface area contributed by atoms with Gasteiger partial charge >= 0.3 is 35.8 Å². The molecule has 0 radical (unpaired) electrons. The van der Waals surface area contributed by atoms with Gasteiger partial charge in [0.1, 0.15) is 0 Å². The number of benzene rings is 1. The van der Waals surface area contributed by atoms with E-state index in [0.29, 0.717) is 7.11 Å². The zero-order valence-electron chi connectivity index (χ0n) is 14.3. The number of alkyl halides is 13. The van der Waals surface area contributed by atoms with Crippen LogP contribution in [0.4, 0.5) is 57.1 Å². The van der Waals surface area contributed by atoms with E-state index in [1.165, 1.54) is 12.1 Å². The number of rotatable bonds is 8. The Hall–Kier alpha value is -1.25. The summed E-state index contributed by atoms with van der Waals surface area (Å²) in [5, 5.41) is 0. The van der Waals surface area contributed by atoms with E-state index in [0.717, 1.165) is 12.1 Å². The number of hydrogen-bond donors (Lipinski definition) is 0. The molecule has 1 aromatic carbocycles. The van der Waals surface area contributed by atoms with E-state index in [4.69, 9.17) is 0 Å². The minimum absolute atomic E-state index is 0.179. The lowest BCUT2D eigenvalue weighted by atomic mass is 9.90. The normalized spacial score (nSPS) is 16.0. The number of hydrogen-bond acceptors (Lipinski definition) is 1. The van der Waals surface area contributed by atoms with Gasteiger partial charge in [-0.15, -0.1) is 0 Å². The Morgan fingerprint density at radius 3 is 1.63 bits per heavy atom. The Balaban J connectivity index is 3.41. The summed E-state index contributed by atoms with van der Waals surface area (Å²) in [5.41, 5.74) is -0.335. The second-order valence-electron chi connectivity index (χ2n) is 5.98. The number of halogens is 14. The van der Waals surface area contributed by atoms with E-state index in [1.54, 1.807) is 0 Å². The van der Waals surface area contributed by atoms with Gasteiger partial charge < -0.3 is 4.74 Å². The van der Waals surface area contributed by atoms with Gasteiger partial charge in [0.05, 0.1) is 6.10 Å². The molecule has 1 rings (SSSR count). The average molecular weight is 533 g/mol. The molecule has 0 spiro atoms. The molecule has 0 saturated carbocycles. The van der Waals surface area contributed by atoms with Crippen LogP contribution >= 0.6 is 15.9 Å². The fourth-order valence-electron chi connectivity index (χ4n) is 2.21. The van der Waals surface area contributed by atoms with Gasteiger partial charge in [-0.05, 0) is 17.7 Å². The Bertz CT molecular complexity index is 744. The molecule has 0 aliphatic rings. The highest BCUT2D eigenvalue weighted by atomic mass is 79.9. The zero-order valence-corrected chi connectivity index (χ0v) is 15.9. The van der Waals surface area contributed by atoms with E-state index in [9.17, 15) is 57.1 Å². The molecule has 0 aromatic heterocycles. The largest absolute Gasteiger partial charge is 0.460 e. The van der Waals surface area contributed by atoms with Crippen LogP contribution in [0.15, 0.2) is 28.7 Å². The predicted octanol–water partition coefficient (Wildman–Crippen LogP) is 7.27. The fourth-order valence-corrected chi connectivity index (χ4v) is 2.62. The van der Waals surface area contributed by atoms with Gasteiger partial charge in [-0.2, -0.15) is 57.1 Å². The maximum Gasteiger partial charge on any atom is 0.460 e. The van der Waals surface area contributed by atoms with E-state index in [1.807, 2.05) is 0 Å². The van der Waals surface area contributed by atoms with Crippen molar-refractivity contribution >= 4 is 15.9 Å². The van der Waals surface area contributed by atoms with Crippen LogP contribution in [-0.4, -0.2) is 42.9 Å². The molecule has 0 aliphatic carbocycles. The van der Waals surface area contributed by atoms with Crippen LogP contribution < -0.4 is 0 Å². The van der Waals surface area contributed by atoms with Crippen LogP contribution in [0.1, 0.15) is 18.1 Å². The SMILES string of the molecule is COC(CC(F)(F)C(F)(F)C(F)(F)C(F)(F)C(F)(F)C(F)(F)F)c1cccc(Br)c1. The standard InChI is InChI=1S/C15H10BrF13O/c1-30-9(7-3-2-4-8(16)5-7)6-10(17,18)11(19,20)12(21,22)13(23,24)14(25,26)15(27,28)29/h2-5,9H,6H2,1H3. The maximum absolute atomic E-state index is 14.0. The summed E-state index contributed by atoms with van der Waals surface area (Å²) >= 11 is 2.88. The summed E-state index contributed by atoms with van der Waals surface area (Å²) in [4.78, 5) is 0. The first-order valence-electron chi connectivity index (χ1n) is 7.41. The highest BCUT2D eigenvalue weighted by Gasteiger charge is 2.90. The van der Waals surface area contributed by atoms with Crippen LogP contribution in [-0.2, 0) is 4.74 Å². The van der Waals surface area contributed by atoms with Crippen LogP contribution in [0.25, 0.3) is 0 Å². The van der Waals surface area contributed by atoms with Gasteiger partial charge in [-0.25, -0.2) is 0 Å². The molecule has 0 bridgehead atoms. The van der Waals surface area contributed by atoms with E-state index in [2.05, 4.69) is 20.7 Å². The highest BCUT2D eigenvalue weighted by molar-refractivity contribution is 9.10. The highest BCUT2D eigenvalue weighted by Crippen LogP contribution is 2.61. The summed E-state index contributed by atoms with van der Waals surface area (Å²) in [6.07, 6.45) is -12.0. The van der Waals surface area contributed by atoms with E-state index >= 15 is 0 Å². The quantitative estimate of drug-likeness (QED) is 0.320. The maximum atomic E-state index is 14.0. The topological polar surface area (TPSA) is 9.23 Å². The molecule has 1 aromatic rings. The van der Waals surface area contributed by atoms with Crippen molar-refractivity contribution in [2.24, 2.45) is 0 Å². The third kappa shape index (κ3) is 4.23. The third-order valence-corrected chi connectivity index (χ3v) is 4.44. The number of methoxy groups -OCH3 is 1. The molecular formula is C15H10BrF13O. The number of ether oxygens (including phenoxy) is 1. The summed E-state index contributed by atoms with van der Waals surface area (Å²) in [7, 11) is 0.657. The molecule has 1 atom stereocenters. The van der Waals surface area contributed by atoms with Crippen LogP contribution in [0.2, 0.25) is 0 Å². The summed E-state index contributed by atoms with van der Waals surface area (Å²) in [5.74, 6) is -37.0. The van der Waals surface area contributed by atoms with Crippen molar-refractivity contribution in [3.63, 3.8) is 0 Å². The van der Waals surface area contributed by atoms with Gasteiger partial charge in [0, 0.05) is 18.0 Å². The monoisotopic (exact) mass is 532 g/mol. The zero-order chi connectivity index (χ0) is 24.0. The lowest BCUT2D eigenvalue weighted by Crippen LogP contribution is -2.70. The first kappa shape index (κ1) is 26.8. The van der Waals surface area contributed by atoms with Crippen LogP contribution in [0, 0.1) is 0 Å². The van der Waals surface area contributed by atoms with Crippen molar-refractivity contribution in [1.82, 2.24) is 0 Å². The Labute approximate surface area is 168 Å². The molecule has 174 valence electrons. The molecule has 1 unspecified atom stereocenters. The third-order valence-electron chi connectivity index (χ3n) is 3.95. The molecule has 0 fully saturated rings. The minimum Gasteiger partial charge on any atom is -0.377 e. The second kappa shape index (κ2) is 8.02. The Kier molecular flexibility index (Phi) is 7.16. The fraction of sp³-hybridized carbons (Fsp3) is 0.600. The van der Waals surface area contributed by atoms with Crippen molar-refractivity contribution in [3.8, 4) is 0 Å². The van der Waals surface area contributed by atoms with Gasteiger partial charge in [0.15, 0.2) is 0 Å². The van der Waals surface area contributed by atoms with Gasteiger partial charge in [0.2, 0.25) is 0 Å². The Morgan fingerprint density at radius 2 is 1.23 bits per heavy atom. The van der Waals surface area contributed by atoms with E-state index in [-0.39, 0.29) is 10.0 Å². The molecule has 15 heteroatoms. The smallest absolute Gasteiger partial charge is 0.377 e. The van der Waals surface area contributed by atoms with Gasteiger partial charge in [-0.3, -0.25) is 0 Å². The first-order valence-corrected chi connectivity index (χ1v) is 8.20. The molecule has 0 saturated heterocycles. The van der Waals surface area contributed by atoms with Crippen molar-refractivity contribution < 1.29 is 61.8 Å². The molecule has 0 amide bonds. The van der Waals surface area contributed by atoms with Crippen molar-refractivity contribution in [2.45, 2.75) is 48.3 Å². The molecule has 1 nitrogen and oxygen atoms in total. The van der Waals surface area contributed by atoms with Crippen LogP contribution in [0.3, 0.4) is 0 Å². The predicted molar refractivity (Wildman–Crippen MR) is 79.3 cm³/mol. The van der Waals surface area contributed by atoms with Crippen molar-refractivity contribution in [1.29, 1.82) is 0 Å². The minimum atomic E-state index is -7.91. The molecule has 0 N–H and O–H groups in total. The first-order chi connectivity index (χ1) is 13.2.